The summed E-state index contributed by atoms with van der Waals surface area (Å²) < 4.78 is 16.8. The molecule has 41 heavy (non-hydrogen) atoms. The maximum absolute atomic E-state index is 15.2. The van der Waals surface area contributed by atoms with E-state index in [1.54, 1.807) is 48.7 Å². The summed E-state index contributed by atoms with van der Waals surface area (Å²) in [7, 11) is 0. The third-order valence-electron chi connectivity index (χ3n) is 6.64. The van der Waals surface area contributed by atoms with Crippen LogP contribution >= 0.6 is 0 Å². The quantitative estimate of drug-likeness (QED) is 0.280. The smallest absolute Gasteiger partial charge is 0.283 e. The Bertz CT molecular complexity index is 1660. The molecule has 3 heterocycles. The van der Waals surface area contributed by atoms with E-state index in [1.165, 1.54) is 24.7 Å². The highest BCUT2D eigenvalue weighted by Gasteiger charge is 2.23. The lowest BCUT2D eigenvalue weighted by Gasteiger charge is -2.38. The Morgan fingerprint density at radius 1 is 1.12 bits per heavy atom. The van der Waals surface area contributed by atoms with Gasteiger partial charge in [0.1, 0.15) is 17.5 Å². The Kier molecular flexibility index (Phi) is 7.77. The minimum atomic E-state index is -0.759. The normalized spacial score (nSPS) is 14.2. The number of carbonyl (C=O) groups excluding carboxylic acids is 1. The number of carbonyl (C=O) groups is 1. The molecular formula is C29H31FN8O3. The number of amides is 1. The molecule has 0 aliphatic carbocycles. The van der Waals surface area contributed by atoms with Crippen LogP contribution in [0.25, 0.3) is 16.7 Å². The van der Waals surface area contributed by atoms with Crippen LogP contribution in [0.2, 0.25) is 0 Å². The zero-order valence-electron chi connectivity index (χ0n) is 22.8. The predicted octanol–water partition coefficient (Wildman–Crippen LogP) is 3.08. The molecule has 12 heteroatoms. The highest BCUT2D eigenvalue weighted by atomic mass is 19.1. The molecule has 2 aromatic carbocycles. The van der Waals surface area contributed by atoms with Crippen molar-refractivity contribution in [3.8, 4) is 5.69 Å². The highest BCUT2D eigenvalue weighted by molar-refractivity contribution is 5.99. The lowest BCUT2D eigenvalue weighted by molar-refractivity contribution is -0.111. The third-order valence-corrected chi connectivity index (χ3v) is 6.64. The van der Waals surface area contributed by atoms with Crippen molar-refractivity contribution in [2.24, 2.45) is 0 Å². The minimum absolute atomic E-state index is 0.0971. The lowest BCUT2D eigenvalue weighted by atomic mass is 10.1. The maximum atomic E-state index is 15.2. The Labute approximate surface area is 236 Å². The molecule has 0 atom stereocenters. The number of halogens is 1. The van der Waals surface area contributed by atoms with Crippen molar-refractivity contribution in [1.29, 1.82) is 0 Å². The summed E-state index contributed by atoms with van der Waals surface area (Å²) in [6.45, 7) is 10.6. The van der Waals surface area contributed by atoms with Crippen molar-refractivity contribution in [2.75, 3.05) is 48.3 Å². The third kappa shape index (κ3) is 6.56. The van der Waals surface area contributed by atoms with Gasteiger partial charge in [-0.3, -0.25) is 19.1 Å². The summed E-state index contributed by atoms with van der Waals surface area (Å²) >= 11 is 0. The average Bonchev–Trinajstić information content (AvgIpc) is 2.94. The molecule has 1 aliphatic rings. The molecule has 2 aromatic heterocycles. The fraction of sp³-hybridized carbons (Fsp3) is 0.276. The van der Waals surface area contributed by atoms with E-state index < -0.39 is 17.0 Å². The van der Waals surface area contributed by atoms with Crippen LogP contribution in [0.1, 0.15) is 13.8 Å². The van der Waals surface area contributed by atoms with Gasteiger partial charge in [-0.05, 0) is 56.3 Å². The number of hydrogen-bond acceptors (Lipinski definition) is 9. The number of hydrogen-bond donors (Lipinski definition) is 3. The SMILES string of the molecule is C=CC(=O)Nc1cccc(-n2cnc(=O)c3cnc(Nc4ccc(N5CCN(CC(C)(C)O)CC5)cc4F)nc32)c1. The summed E-state index contributed by atoms with van der Waals surface area (Å²) in [5, 5.41) is 15.9. The van der Waals surface area contributed by atoms with Gasteiger partial charge in [-0.15, -0.1) is 0 Å². The van der Waals surface area contributed by atoms with Crippen molar-refractivity contribution in [3.05, 3.63) is 83.8 Å². The number of fused-ring (bicyclic) bond motifs is 1. The Morgan fingerprint density at radius 3 is 2.61 bits per heavy atom. The molecular weight excluding hydrogens is 527 g/mol. The maximum Gasteiger partial charge on any atom is 0.283 e. The van der Waals surface area contributed by atoms with E-state index in [-0.39, 0.29) is 28.6 Å². The molecule has 4 aromatic rings. The van der Waals surface area contributed by atoms with Crippen LogP contribution in [-0.4, -0.2) is 73.8 Å². The topological polar surface area (TPSA) is 129 Å². The van der Waals surface area contributed by atoms with E-state index in [4.69, 9.17) is 0 Å². The molecule has 1 saturated heterocycles. The molecule has 3 N–H and O–H groups in total. The van der Waals surface area contributed by atoms with E-state index in [1.807, 2.05) is 6.07 Å². The number of rotatable bonds is 8. The molecule has 0 bridgehead atoms. The summed E-state index contributed by atoms with van der Waals surface area (Å²) in [6, 6.07) is 11.9. The molecule has 1 aliphatic heterocycles. The van der Waals surface area contributed by atoms with Crippen LogP contribution in [0.5, 0.6) is 0 Å². The van der Waals surface area contributed by atoms with Gasteiger partial charge in [0.2, 0.25) is 11.9 Å². The first kappa shape index (κ1) is 27.9. The average molecular weight is 559 g/mol. The van der Waals surface area contributed by atoms with Crippen LogP contribution in [0, 0.1) is 5.82 Å². The number of aliphatic hydroxyl groups is 1. The summed E-state index contributed by atoms with van der Waals surface area (Å²) in [6.07, 6.45) is 3.85. The standard InChI is InChI=1S/C29H31FN8O3/c1-4-25(39)33-19-6-5-7-21(14-19)38-18-32-27(40)22-16-31-28(35-26(22)38)34-24-9-8-20(15-23(24)30)37-12-10-36(11-13-37)17-29(2,3)41/h4-9,14-16,18,41H,1,10-13,17H2,2-3H3,(H,33,39)(H,31,34,35). The number of benzene rings is 2. The zero-order chi connectivity index (χ0) is 29.1. The first-order valence-corrected chi connectivity index (χ1v) is 13.1. The summed E-state index contributed by atoms with van der Waals surface area (Å²) in [5.41, 5.74) is 1.06. The van der Waals surface area contributed by atoms with Gasteiger partial charge in [0, 0.05) is 50.3 Å². The number of anilines is 4. The van der Waals surface area contributed by atoms with Crippen LogP contribution in [0.3, 0.4) is 0 Å². The van der Waals surface area contributed by atoms with Crippen molar-refractivity contribution >= 4 is 40.0 Å². The zero-order valence-corrected chi connectivity index (χ0v) is 22.8. The molecule has 0 unspecified atom stereocenters. The Hall–Kier alpha value is -4.68. The van der Waals surface area contributed by atoms with Gasteiger partial charge in [0.05, 0.1) is 17.0 Å². The number of piperazine rings is 1. The summed E-state index contributed by atoms with van der Waals surface area (Å²) in [5.74, 6) is -0.734. The van der Waals surface area contributed by atoms with Crippen LogP contribution in [-0.2, 0) is 4.79 Å². The van der Waals surface area contributed by atoms with E-state index >= 15 is 4.39 Å². The fourth-order valence-electron chi connectivity index (χ4n) is 4.75. The van der Waals surface area contributed by atoms with Gasteiger partial charge in [-0.1, -0.05) is 12.6 Å². The molecule has 0 radical (unpaired) electrons. The van der Waals surface area contributed by atoms with Crippen molar-refractivity contribution in [3.63, 3.8) is 0 Å². The van der Waals surface area contributed by atoms with E-state index in [2.05, 4.69) is 42.0 Å². The Balaban J connectivity index is 1.37. The lowest BCUT2D eigenvalue weighted by Crippen LogP contribution is -2.50. The monoisotopic (exact) mass is 558 g/mol. The van der Waals surface area contributed by atoms with Gasteiger partial charge in [0.15, 0.2) is 5.65 Å². The van der Waals surface area contributed by atoms with Crippen molar-refractivity contribution in [1.82, 2.24) is 24.4 Å². The van der Waals surface area contributed by atoms with Gasteiger partial charge in [0.25, 0.3) is 5.56 Å². The molecule has 11 nitrogen and oxygen atoms in total. The van der Waals surface area contributed by atoms with Crippen molar-refractivity contribution < 1.29 is 14.3 Å². The second-order valence-electron chi connectivity index (χ2n) is 10.5. The van der Waals surface area contributed by atoms with Crippen LogP contribution < -0.4 is 21.1 Å². The second-order valence-corrected chi connectivity index (χ2v) is 10.5. The van der Waals surface area contributed by atoms with Gasteiger partial charge < -0.3 is 20.6 Å². The molecule has 0 spiro atoms. The van der Waals surface area contributed by atoms with Crippen molar-refractivity contribution in [2.45, 2.75) is 19.4 Å². The number of nitrogens with zero attached hydrogens (tertiary/aromatic N) is 6. The van der Waals surface area contributed by atoms with Gasteiger partial charge in [-0.2, -0.15) is 9.97 Å². The largest absolute Gasteiger partial charge is 0.389 e. The van der Waals surface area contributed by atoms with E-state index in [0.717, 1.165) is 31.9 Å². The van der Waals surface area contributed by atoms with E-state index in [0.29, 0.717) is 17.9 Å². The van der Waals surface area contributed by atoms with Crippen LogP contribution in [0.4, 0.5) is 27.4 Å². The molecule has 1 amide bonds. The predicted molar refractivity (Wildman–Crippen MR) is 156 cm³/mol. The highest BCUT2D eigenvalue weighted by Crippen LogP contribution is 2.26. The molecule has 0 saturated carbocycles. The van der Waals surface area contributed by atoms with Crippen LogP contribution in [0.15, 0.2) is 72.4 Å². The van der Waals surface area contributed by atoms with E-state index in [9.17, 15) is 14.7 Å². The Morgan fingerprint density at radius 2 is 1.90 bits per heavy atom. The fourth-order valence-corrected chi connectivity index (χ4v) is 4.75. The number of nitrogens with one attached hydrogen (secondary N) is 2. The second kappa shape index (κ2) is 11.4. The molecule has 1 fully saturated rings. The van der Waals surface area contributed by atoms with Gasteiger partial charge >= 0.3 is 0 Å². The number of aromatic nitrogens is 4. The molecule has 5 rings (SSSR count). The van der Waals surface area contributed by atoms with Gasteiger partial charge in [-0.25, -0.2) is 9.37 Å². The first-order valence-electron chi connectivity index (χ1n) is 13.1. The minimum Gasteiger partial charge on any atom is -0.389 e. The summed E-state index contributed by atoms with van der Waals surface area (Å²) in [4.78, 5) is 41.1. The first-order chi connectivity index (χ1) is 19.6. The number of β-amino-alcohol motifs (C(OH)–C–C–N with tert-alkyl or cyclic N) is 1. The molecule has 212 valence electrons.